The Balaban J connectivity index is 2.48. The summed E-state index contributed by atoms with van der Waals surface area (Å²) in [7, 11) is 0. The molecule has 0 aliphatic rings. The fourth-order valence-corrected chi connectivity index (χ4v) is 2.13. The molecule has 2 N–H and O–H groups in total. The molecule has 0 heterocycles. The van der Waals surface area contributed by atoms with E-state index in [-0.39, 0.29) is 0 Å². The van der Waals surface area contributed by atoms with E-state index >= 15 is 0 Å². The van der Waals surface area contributed by atoms with E-state index in [0.29, 0.717) is 6.54 Å². The highest BCUT2D eigenvalue weighted by Crippen LogP contribution is 2.28. The summed E-state index contributed by atoms with van der Waals surface area (Å²) >= 11 is 6.10. The maximum absolute atomic E-state index is 6.10. The van der Waals surface area contributed by atoms with Crippen molar-refractivity contribution in [1.82, 2.24) is 0 Å². The van der Waals surface area contributed by atoms with Crippen LogP contribution in [0.2, 0.25) is 5.02 Å². The lowest BCUT2D eigenvalue weighted by Crippen LogP contribution is -1.95. The molecule has 0 unspecified atom stereocenters. The number of halogens is 1. The normalized spacial score (nSPS) is 10.6. The predicted octanol–water partition coefficient (Wildman–Crippen LogP) is 4.08. The van der Waals surface area contributed by atoms with Gasteiger partial charge in [0.2, 0.25) is 0 Å². The molecule has 0 bridgehead atoms. The molecule has 0 spiro atoms. The highest BCUT2D eigenvalue weighted by atomic mass is 35.5. The number of aryl methyl sites for hydroxylation is 2. The molecule has 0 fully saturated rings. The van der Waals surface area contributed by atoms with Gasteiger partial charge in [-0.25, -0.2) is 0 Å². The maximum atomic E-state index is 6.10. The molecule has 0 amide bonds. The number of hydrogen-bond donors (Lipinski definition) is 1. The molecule has 17 heavy (non-hydrogen) atoms. The second kappa shape index (κ2) is 4.91. The van der Waals surface area contributed by atoms with Crippen LogP contribution in [-0.4, -0.2) is 0 Å². The molecule has 0 saturated carbocycles. The quantitative estimate of drug-likeness (QED) is 0.848. The average Bonchev–Trinajstić information content (AvgIpc) is 2.34. The Hall–Kier alpha value is -1.31. The van der Waals surface area contributed by atoms with Crippen LogP contribution in [0.3, 0.4) is 0 Å². The third kappa shape index (κ3) is 2.51. The fourth-order valence-electron chi connectivity index (χ4n) is 1.91. The lowest BCUT2D eigenvalue weighted by atomic mass is 9.97. The number of benzene rings is 2. The first-order valence-corrected chi connectivity index (χ1v) is 6.05. The summed E-state index contributed by atoms with van der Waals surface area (Å²) in [6.07, 6.45) is 0. The van der Waals surface area contributed by atoms with E-state index in [0.717, 1.165) is 16.1 Å². The highest BCUT2D eigenvalue weighted by Gasteiger charge is 2.05. The standard InChI is InChI=1S/C15H16ClN/c1-10-8-15(16)11(2)7-14(10)13-5-3-12(9-17)4-6-13/h3-8H,9,17H2,1-2H3. The third-order valence-electron chi connectivity index (χ3n) is 3.01. The van der Waals surface area contributed by atoms with Crippen molar-refractivity contribution in [3.05, 3.63) is 58.1 Å². The minimum absolute atomic E-state index is 0.582. The average molecular weight is 246 g/mol. The van der Waals surface area contributed by atoms with E-state index in [1.54, 1.807) is 0 Å². The number of hydrogen-bond acceptors (Lipinski definition) is 1. The van der Waals surface area contributed by atoms with Crippen LogP contribution in [-0.2, 0) is 6.54 Å². The first-order chi connectivity index (χ1) is 8.11. The number of rotatable bonds is 2. The molecule has 0 aliphatic carbocycles. The monoisotopic (exact) mass is 245 g/mol. The van der Waals surface area contributed by atoms with Gasteiger partial charge in [-0.3, -0.25) is 0 Å². The van der Waals surface area contributed by atoms with Gasteiger partial charge in [0.15, 0.2) is 0 Å². The van der Waals surface area contributed by atoms with Crippen LogP contribution in [0.1, 0.15) is 16.7 Å². The minimum Gasteiger partial charge on any atom is -0.326 e. The van der Waals surface area contributed by atoms with Gasteiger partial charge in [-0.05, 0) is 53.8 Å². The van der Waals surface area contributed by atoms with E-state index < -0.39 is 0 Å². The van der Waals surface area contributed by atoms with Crippen LogP contribution in [0.5, 0.6) is 0 Å². The topological polar surface area (TPSA) is 26.0 Å². The smallest absolute Gasteiger partial charge is 0.0438 e. The van der Waals surface area contributed by atoms with Gasteiger partial charge in [-0.1, -0.05) is 35.9 Å². The zero-order chi connectivity index (χ0) is 12.4. The molecule has 0 radical (unpaired) electrons. The van der Waals surface area contributed by atoms with Crippen LogP contribution >= 0.6 is 11.6 Å². The van der Waals surface area contributed by atoms with Gasteiger partial charge in [0.05, 0.1) is 0 Å². The van der Waals surface area contributed by atoms with E-state index in [9.17, 15) is 0 Å². The zero-order valence-corrected chi connectivity index (χ0v) is 10.9. The summed E-state index contributed by atoms with van der Waals surface area (Å²) in [6, 6.07) is 12.5. The Morgan fingerprint density at radius 1 is 1.00 bits per heavy atom. The van der Waals surface area contributed by atoms with Gasteiger partial charge in [-0.2, -0.15) is 0 Å². The Kier molecular flexibility index (Phi) is 3.51. The molecule has 2 heteroatoms. The summed E-state index contributed by atoms with van der Waals surface area (Å²) in [5.74, 6) is 0. The summed E-state index contributed by atoms with van der Waals surface area (Å²) in [5, 5.41) is 0.824. The first kappa shape index (κ1) is 12.2. The predicted molar refractivity (Wildman–Crippen MR) is 74.3 cm³/mol. The molecule has 2 rings (SSSR count). The Morgan fingerprint density at radius 2 is 1.65 bits per heavy atom. The van der Waals surface area contributed by atoms with Gasteiger partial charge in [-0.15, -0.1) is 0 Å². The van der Waals surface area contributed by atoms with Crippen LogP contribution in [0.15, 0.2) is 36.4 Å². The Bertz CT molecular complexity index is 529. The highest BCUT2D eigenvalue weighted by molar-refractivity contribution is 6.31. The molecule has 0 aliphatic heterocycles. The molecular weight excluding hydrogens is 230 g/mol. The van der Waals surface area contributed by atoms with Crippen molar-refractivity contribution < 1.29 is 0 Å². The summed E-state index contributed by atoms with van der Waals surface area (Å²) in [4.78, 5) is 0. The zero-order valence-electron chi connectivity index (χ0n) is 10.1. The van der Waals surface area contributed by atoms with Crippen molar-refractivity contribution in [1.29, 1.82) is 0 Å². The van der Waals surface area contributed by atoms with E-state index in [1.165, 1.54) is 16.7 Å². The lowest BCUT2D eigenvalue weighted by Gasteiger charge is -2.09. The van der Waals surface area contributed by atoms with E-state index in [4.69, 9.17) is 17.3 Å². The van der Waals surface area contributed by atoms with Crippen molar-refractivity contribution in [3.8, 4) is 11.1 Å². The Morgan fingerprint density at radius 3 is 2.24 bits per heavy atom. The fraction of sp³-hybridized carbons (Fsp3) is 0.200. The van der Waals surface area contributed by atoms with Gasteiger partial charge in [0.25, 0.3) is 0 Å². The van der Waals surface area contributed by atoms with Crippen molar-refractivity contribution >= 4 is 11.6 Å². The van der Waals surface area contributed by atoms with Crippen molar-refractivity contribution in [3.63, 3.8) is 0 Å². The SMILES string of the molecule is Cc1cc(-c2ccc(CN)cc2)c(C)cc1Cl. The van der Waals surface area contributed by atoms with Crippen molar-refractivity contribution in [2.75, 3.05) is 0 Å². The van der Waals surface area contributed by atoms with Crippen LogP contribution in [0, 0.1) is 13.8 Å². The third-order valence-corrected chi connectivity index (χ3v) is 3.41. The molecular formula is C15H16ClN. The summed E-state index contributed by atoms with van der Waals surface area (Å²) in [5.41, 5.74) is 11.5. The first-order valence-electron chi connectivity index (χ1n) is 5.68. The molecule has 2 aromatic rings. The molecule has 0 aromatic heterocycles. The largest absolute Gasteiger partial charge is 0.326 e. The molecule has 0 saturated heterocycles. The second-order valence-corrected chi connectivity index (χ2v) is 4.72. The minimum atomic E-state index is 0.582. The summed E-state index contributed by atoms with van der Waals surface area (Å²) < 4.78 is 0. The molecule has 1 nitrogen and oxygen atoms in total. The van der Waals surface area contributed by atoms with Gasteiger partial charge < -0.3 is 5.73 Å². The molecule has 2 aromatic carbocycles. The second-order valence-electron chi connectivity index (χ2n) is 4.32. The maximum Gasteiger partial charge on any atom is 0.0438 e. The molecule has 0 atom stereocenters. The van der Waals surface area contributed by atoms with Gasteiger partial charge in [0, 0.05) is 11.6 Å². The number of nitrogens with two attached hydrogens (primary N) is 1. The van der Waals surface area contributed by atoms with Crippen LogP contribution in [0.4, 0.5) is 0 Å². The van der Waals surface area contributed by atoms with Gasteiger partial charge in [0.1, 0.15) is 0 Å². The van der Waals surface area contributed by atoms with Crippen LogP contribution in [0.25, 0.3) is 11.1 Å². The Labute approximate surface area is 107 Å². The summed E-state index contributed by atoms with van der Waals surface area (Å²) in [6.45, 7) is 4.69. The molecule has 88 valence electrons. The van der Waals surface area contributed by atoms with E-state index in [2.05, 4.69) is 37.3 Å². The van der Waals surface area contributed by atoms with Crippen molar-refractivity contribution in [2.24, 2.45) is 5.73 Å². The van der Waals surface area contributed by atoms with Crippen molar-refractivity contribution in [2.45, 2.75) is 20.4 Å². The van der Waals surface area contributed by atoms with Gasteiger partial charge >= 0.3 is 0 Å². The van der Waals surface area contributed by atoms with Crippen LogP contribution < -0.4 is 5.73 Å². The lowest BCUT2D eigenvalue weighted by molar-refractivity contribution is 1.07. The van der Waals surface area contributed by atoms with E-state index in [1.807, 2.05) is 13.0 Å².